The molecule has 0 aliphatic heterocycles. The predicted octanol–water partition coefficient (Wildman–Crippen LogP) is 6.33. The van der Waals surface area contributed by atoms with Crippen LogP contribution in [0.5, 0.6) is 0 Å². The first kappa shape index (κ1) is 17.8. The van der Waals surface area contributed by atoms with Crippen LogP contribution in [-0.2, 0) is 5.41 Å². The van der Waals surface area contributed by atoms with Gasteiger partial charge in [-0.2, -0.15) is 0 Å². The molecule has 0 heterocycles. The highest BCUT2D eigenvalue weighted by molar-refractivity contribution is 9.10. The second-order valence-electron chi connectivity index (χ2n) is 8.14. The Morgan fingerprint density at radius 2 is 1.50 bits per heavy atom. The van der Waals surface area contributed by atoms with E-state index in [9.17, 15) is 9.59 Å². The van der Waals surface area contributed by atoms with E-state index < -0.39 is 11.3 Å². The monoisotopic (exact) mass is 452 g/mol. The molecule has 2 nitrogen and oxygen atoms in total. The number of carbonyl (C=O) groups is 2. The van der Waals surface area contributed by atoms with Gasteiger partial charge >= 0.3 is 0 Å². The summed E-state index contributed by atoms with van der Waals surface area (Å²) in [6.45, 7) is 0. The first-order valence-corrected chi connectivity index (χ1v) is 10.8. The van der Waals surface area contributed by atoms with E-state index in [4.69, 9.17) is 0 Å². The summed E-state index contributed by atoms with van der Waals surface area (Å²) in [5.74, 6) is -0.431. The number of hydrogen-bond acceptors (Lipinski definition) is 2. The molecule has 30 heavy (non-hydrogen) atoms. The van der Waals surface area contributed by atoms with Gasteiger partial charge in [0.05, 0.1) is 5.41 Å². The smallest absolute Gasteiger partial charge is 0.175 e. The summed E-state index contributed by atoms with van der Waals surface area (Å²) >= 11 is 3.44. The Bertz CT molecular complexity index is 1340. The van der Waals surface area contributed by atoms with Crippen molar-refractivity contribution in [1.29, 1.82) is 0 Å². The summed E-state index contributed by atoms with van der Waals surface area (Å²) in [6.07, 6.45) is 0. The lowest BCUT2D eigenvalue weighted by molar-refractivity contribution is 0.0892. The van der Waals surface area contributed by atoms with Crippen LogP contribution in [-0.4, -0.2) is 11.6 Å². The summed E-state index contributed by atoms with van der Waals surface area (Å²) in [7, 11) is 0. The van der Waals surface area contributed by atoms with E-state index in [-0.39, 0.29) is 17.5 Å². The van der Waals surface area contributed by atoms with Crippen molar-refractivity contribution in [2.45, 2.75) is 11.3 Å². The molecule has 0 N–H and O–H groups in total. The lowest BCUT2D eigenvalue weighted by Crippen LogP contribution is -2.22. The highest BCUT2D eigenvalue weighted by Crippen LogP contribution is 2.71. The minimum atomic E-state index is -0.811. The first-order chi connectivity index (χ1) is 14.6. The van der Waals surface area contributed by atoms with Gasteiger partial charge < -0.3 is 0 Å². The third kappa shape index (κ3) is 2.19. The molecular formula is C27H17BrO2. The van der Waals surface area contributed by atoms with E-state index in [1.165, 1.54) is 0 Å². The first-order valence-electron chi connectivity index (χ1n) is 10.1. The van der Waals surface area contributed by atoms with Crippen molar-refractivity contribution in [2.75, 3.05) is 0 Å². The fraction of sp³-hybridized carbons (Fsp3) is 0.111. The van der Waals surface area contributed by atoms with Gasteiger partial charge in [0.25, 0.3) is 0 Å². The van der Waals surface area contributed by atoms with Crippen molar-refractivity contribution in [2.24, 2.45) is 5.92 Å². The van der Waals surface area contributed by atoms with Crippen LogP contribution in [0.1, 0.15) is 37.8 Å². The Kier molecular flexibility index (Phi) is 3.69. The van der Waals surface area contributed by atoms with Crippen molar-refractivity contribution in [1.82, 2.24) is 0 Å². The van der Waals surface area contributed by atoms with Gasteiger partial charge in [-0.3, -0.25) is 9.59 Å². The number of carbonyl (C=O) groups excluding carboxylic acids is 2. The van der Waals surface area contributed by atoms with Crippen molar-refractivity contribution in [3.05, 3.63) is 118 Å². The van der Waals surface area contributed by atoms with Gasteiger partial charge in [0, 0.05) is 27.4 Å². The average Bonchev–Trinajstić information content (AvgIpc) is 3.42. The molecule has 1 fully saturated rings. The van der Waals surface area contributed by atoms with E-state index in [0.717, 1.165) is 31.9 Å². The molecule has 144 valence electrons. The Morgan fingerprint density at radius 3 is 2.23 bits per heavy atom. The van der Waals surface area contributed by atoms with E-state index in [0.29, 0.717) is 5.56 Å². The maximum Gasteiger partial charge on any atom is 0.175 e. The topological polar surface area (TPSA) is 34.1 Å². The third-order valence-electron chi connectivity index (χ3n) is 6.75. The van der Waals surface area contributed by atoms with Crippen LogP contribution in [0.15, 0.2) is 95.5 Å². The number of benzene rings is 4. The van der Waals surface area contributed by atoms with Crippen LogP contribution in [0, 0.1) is 5.92 Å². The summed E-state index contributed by atoms with van der Waals surface area (Å²) in [4.78, 5) is 27.6. The molecule has 4 aromatic rings. The van der Waals surface area contributed by atoms with E-state index in [1.807, 2.05) is 91.0 Å². The maximum atomic E-state index is 13.9. The van der Waals surface area contributed by atoms with Crippen molar-refractivity contribution >= 4 is 38.3 Å². The summed E-state index contributed by atoms with van der Waals surface area (Å²) in [5, 5.41) is 2.07. The van der Waals surface area contributed by atoms with Crippen molar-refractivity contribution < 1.29 is 9.59 Å². The molecule has 0 saturated heterocycles. The maximum absolute atomic E-state index is 13.9. The molecule has 3 heteroatoms. The van der Waals surface area contributed by atoms with E-state index >= 15 is 0 Å². The summed E-state index contributed by atoms with van der Waals surface area (Å²) in [6, 6.07) is 29.4. The standard InChI is InChI=1S/C27H17BrO2/c28-19-14-12-18(13-15-19)25(29)24-23(17-6-2-1-3-7-17)27(24)21-11-5-9-16-8-4-10-20(22(16)21)26(27)30/h1-15,23-24H/t23-,24+,27+/m1/s1. The Labute approximate surface area is 182 Å². The average molecular weight is 453 g/mol. The normalized spacial score (nSPS) is 23.8. The van der Waals surface area contributed by atoms with Crippen LogP contribution in [0.3, 0.4) is 0 Å². The van der Waals surface area contributed by atoms with Crippen LogP contribution >= 0.6 is 15.9 Å². The van der Waals surface area contributed by atoms with Gasteiger partial charge in [-0.1, -0.05) is 94.8 Å². The van der Waals surface area contributed by atoms with Crippen LogP contribution in [0.2, 0.25) is 0 Å². The van der Waals surface area contributed by atoms with Gasteiger partial charge in [0.1, 0.15) is 0 Å². The highest BCUT2D eigenvalue weighted by Gasteiger charge is 2.75. The molecule has 1 saturated carbocycles. The fourth-order valence-electron chi connectivity index (χ4n) is 5.49. The van der Waals surface area contributed by atoms with Crippen LogP contribution < -0.4 is 0 Å². The number of fused-ring (bicyclic) bond motifs is 1. The molecular weight excluding hydrogens is 436 g/mol. The van der Waals surface area contributed by atoms with E-state index in [2.05, 4.69) is 15.9 Å². The molecule has 6 rings (SSSR count). The number of halogens is 1. The number of hydrogen-bond donors (Lipinski definition) is 0. The number of ketones is 2. The van der Waals surface area contributed by atoms with Gasteiger partial charge in [-0.15, -0.1) is 0 Å². The molecule has 0 amide bonds. The second kappa shape index (κ2) is 6.23. The molecule has 2 aliphatic carbocycles. The quantitative estimate of drug-likeness (QED) is 0.340. The minimum Gasteiger partial charge on any atom is -0.294 e. The highest BCUT2D eigenvalue weighted by atomic mass is 79.9. The van der Waals surface area contributed by atoms with Gasteiger partial charge in [0.2, 0.25) is 0 Å². The Balaban J connectivity index is 1.58. The molecule has 3 atom stereocenters. The largest absolute Gasteiger partial charge is 0.294 e. The molecule has 4 aromatic carbocycles. The Morgan fingerprint density at radius 1 is 0.800 bits per heavy atom. The third-order valence-corrected chi connectivity index (χ3v) is 7.27. The molecule has 0 bridgehead atoms. The molecule has 2 aliphatic rings. The molecule has 1 spiro atoms. The zero-order valence-corrected chi connectivity index (χ0v) is 17.6. The SMILES string of the molecule is O=C(c1ccc(Br)cc1)[C@@H]1[C@@H](c2ccccc2)[C@]12C(=O)c1cccc3cccc2c13. The molecule has 0 aromatic heterocycles. The summed E-state index contributed by atoms with van der Waals surface area (Å²) < 4.78 is 0.929. The van der Waals surface area contributed by atoms with Gasteiger partial charge in [-0.05, 0) is 34.0 Å². The zero-order chi connectivity index (χ0) is 20.5. The van der Waals surface area contributed by atoms with Crippen molar-refractivity contribution in [3.8, 4) is 0 Å². The van der Waals surface area contributed by atoms with Gasteiger partial charge in [0.15, 0.2) is 11.6 Å². The Hall–Kier alpha value is -3.04. The predicted molar refractivity (Wildman–Crippen MR) is 121 cm³/mol. The number of Topliss-reactive ketones (excluding diaryl/α,β-unsaturated/α-hetero) is 2. The van der Waals surface area contributed by atoms with E-state index in [1.54, 1.807) is 0 Å². The van der Waals surface area contributed by atoms with Crippen LogP contribution in [0.4, 0.5) is 0 Å². The van der Waals surface area contributed by atoms with Crippen molar-refractivity contribution in [3.63, 3.8) is 0 Å². The van der Waals surface area contributed by atoms with Gasteiger partial charge in [-0.25, -0.2) is 0 Å². The van der Waals surface area contributed by atoms with Crippen LogP contribution in [0.25, 0.3) is 10.8 Å². The fourth-order valence-corrected chi connectivity index (χ4v) is 5.76. The minimum absolute atomic E-state index is 0.0366. The number of rotatable bonds is 3. The zero-order valence-electron chi connectivity index (χ0n) is 16.0. The molecule has 0 unspecified atom stereocenters. The lowest BCUT2D eigenvalue weighted by Gasteiger charge is -2.11. The second-order valence-corrected chi connectivity index (χ2v) is 9.06. The molecule has 0 radical (unpaired) electrons. The summed E-state index contributed by atoms with van der Waals surface area (Å²) in [5.41, 5.74) is 2.64. The lowest BCUT2D eigenvalue weighted by atomic mass is 9.88.